The summed E-state index contributed by atoms with van der Waals surface area (Å²) in [6.45, 7) is 4.13. The van der Waals surface area contributed by atoms with Crippen molar-refractivity contribution in [1.29, 1.82) is 0 Å². The molecule has 5 heteroatoms. The van der Waals surface area contributed by atoms with Gasteiger partial charge in [0, 0.05) is 29.4 Å². The molecule has 0 atom stereocenters. The summed E-state index contributed by atoms with van der Waals surface area (Å²) in [7, 11) is 1.84. The molecule has 0 spiro atoms. The third-order valence-electron chi connectivity index (χ3n) is 3.25. The van der Waals surface area contributed by atoms with Crippen molar-refractivity contribution in [2.24, 2.45) is 0 Å². The Bertz CT molecular complexity index is 795. The van der Waals surface area contributed by atoms with Gasteiger partial charge < -0.3 is 9.73 Å². The molecule has 2 aromatic heterocycles. The molecule has 0 aliphatic carbocycles. The standard InChI is InChI=1S/C16H16ClN3O/c1-9(2)16-19-12(8-15(18-3)20-16)14-7-10-6-11(17)4-5-13(10)21-14/h4-9H,1-3H3,(H,18,19,20). The molecule has 0 amide bonds. The van der Waals surface area contributed by atoms with E-state index < -0.39 is 0 Å². The maximum absolute atomic E-state index is 6.01. The maximum atomic E-state index is 6.01. The van der Waals surface area contributed by atoms with Crippen LogP contribution in [0, 0.1) is 0 Å². The Labute approximate surface area is 128 Å². The third-order valence-corrected chi connectivity index (χ3v) is 3.48. The van der Waals surface area contributed by atoms with Crippen molar-refractivity contribution in [3.05, 3.63) is 41.2 Å². The first-order valence-corrected chi connectivity index (χ1v) is 7.21. The minimum absolute atomic E-state index is 0.246. The summed E-state index contributed by atoms with van der Waals surface area (Å²) >= 11 is 6.01. The molecule has 0 unspecified atom stereocenters. The van der Waals surface area contributed by atoms with Crippen molar-refractivity contribution >= 4 is 28.4 Å². The molecule has 0 aliphatic rings. The molecule has 0 saturated carbocycles. The second kappa shape index (κ2) is 5.37. The van der Waals surface area contributed by atoms with E-state index in [4.69, 9.17) is 16.0 Å². The molecular weight excluding hydrogens is 286 g/mol. The molecule has 21 heavy (non-hydrogen) atoms. The molecular formula is C16H16ClN3O. The predicted molar refractivity (Wildman–Crippen MR) is 85.9 cm³/mol. The molecule has 1 N–H and O–H groups in total. The Morgan fingerprint density at radius 2 is 1.95 bits per heavy atom. The summed E-state index contributed by atoms with van der Waals surface area (Å²) in [5, 5.41) is 4.72. The fourth-order valence-corrected chi connectivity index (χ4v) is 2.30. The number of nitrogens with zero attached hydrogens (tertiary/aromatic N) is 2. The number of fused-ring (bicyclic) bond motifs is 1. The molecule has 108 valence electrons. The van der Waals surface area contributed by atoms with E-state index in [9.17, 15) is 0 Å². The van der Waals surface area contributed by atoms with Crippen LogP contribution < -0.4 is 5.32 Å². The fraction of sp³-hybridized carbons (Fsp3) is 0.250. The minimum Gasteiger partial charge on any atom is -0.454 e. The van der Waals surface area contributed by atoms with Gasteiger partial charge in [-0.15, -0.1) is 0 Å². The van der Waals surface area contributed by atoms with Crippen LogP contribution in [0.2, 0.25) is 5.02 Å². The van der Waals surface area contributed by atoms with Crippen LogP contribution in [-0.4, -0.2) is 17.0 Å². The number of hydrogen-bond donors (Lipinski definition) is 1. The van der Waals surface area contributed by atoms with Gasteiger partial charge >= 0.3 is 0 Å². The molecule has 0 bridgehead atoms. The van der Waals surface area contributed by atoms with Gasteiger partial charge in [0.15, 0.2) is 5.76 Å². The van der Waals surface area contributed by atoms with Crippen molar-refractivity contribution in [2.45, 2.75) is 19.8 Å². The molecule has 0 aliphatic heterocycles. The zero-order valence-electron chi connectivity index (χ0n) is 12.1. The van der Waals surface area contributed by atoms with Gasteiger partial charge in [0.1, 0.15) is 22.9 Å². The van der Waals surface area contributed by atoms with E-state index in [1.54, 1.807) is 0 Å². The second-order valence-electron chi connectivity index (χ2n) is 5.19. The summed E-state index contributed by atoms with van der Waals surface area (Å²) in [6, 6.07) is 9.39. The van der Waals surface area contributed by atoms with Crippen molar-refractivity contribution in [2.75, 3.05) is 12.4 Å². The molecule has 4 nitrogen and oxygen atoms in total. The van der Waals surface area contributed by atoms with Gasteiger partial charge in [-0.2, -0.15) is 0 Å². The van der Waals surface area contributed by atoms with E-state index in [-0.39, 0.29) is 5.92 Å². The number of furan rings is 1. The monoisotopic (exact) mass is 301 g/mol. The summed E-state index contributed by atoms with van der Waals surface area (Å²) in [6.07, 6.45) is 0. The summed E-state index contributed by atoms with van der Waals surface area (Å²) in [5.41, 5.74) is 1.57. The largest absolute Gasteiger partial charge is 0.454 e. The number of rotatable bonds is 3. The Morgan fingerprint density at radius 3 is 2.67 bits per heavy atom. The molecule has 3 rings (SSSR count). The highest BCUT2D eigenvalue weighted by Gasteiger charge is 2.13. The summed E-state index contributed by atoms with van der Waals surface area (Å²) < 4.78 is 5.87. The van der Waals surface area contributed by atoms with Gasteiger partial charge in [-0.3, -0.25) is 0 Å². The first-order valence-electron chi connectivity index (χ1n) is 6.83. The Kier molecular flexibility index (Phi) is 3.55. The van der Waals surface area contributed by atoms with E-state index in [1.807, 2.05) is 37.4 Å². The normalized spacial score (nSPS) is 11.3. The Hall–Kier alpha value is -2.07. The van der Waals surface area contributed by atoms with Gasteiger partial charge in [-0.05, 0) is 24.3 Å². The first kappa shape index (κ1) is 13.9. The average molecular weight is 302 g/mol. The lowest BCUT2D eigenvalue weighted by Crippen LogP contribution is -2.02. The van der Waals surface area contributed by atoms with Gasteiger partial charge in [0.2, 0.25) is 0 Å². The number of halogens is 1. The van der Waals surface area contributed by atoms with E-state index in [2.05, 4.69) is 29.1 Å². The SMILES string of the molecule is CNc1cc(-c2cc3cc(Cl)ccc3o2)nc(C(C)C)n1. The van der Waals surface area contributed by atoms with Crippen LogP contribution in [0.3, 0.4) is 0 Å². The molecule has 3 aromatic rings. The van der Waals surface area contributed by atoms with Gasteiger partial charge in [-0.25, -0.2) is 9.97 Å². The highest BCUT2D eigenvalue weighted by molar-refractivity contribution is 6.31. The lowest BCUT2D eigenvalue weighted by atomic mass is 10.2. The molecule has 0 fully saturated rings. The van der Waals surface area contributed by atoms with Crippen LogP contribution >= 0.6 is 11.6 Å². The zero-order chi connectivity index (χ0) is 15.0. The number of hydrogen-bond acceptors (Lipinski definition) is 4. The van der Waals surface area contributed by atoms with E-state index in [0.717, 1.165) is 28.3 Å². The van der Waals surface area contributed by atoms with E-state index in [1.165, 1.54) is 0 Å². The van der Waals surface area contributed by atoms with Crippen molar-refractivity contribution in [3.8, 4) is 11.5 Å². The van der Waals surface area contributed by atoms with Crippen LogP contribution in [0.25, 0.3) is 22.4 Å². The molecule has 0 radical (unpaired) electrons. The lowest BCUT2D eigenvalue weighted by molar-refractivity contribution is 0.626. The van der Waals surface area contributed by atoms with Crippen LogP contribution in [-0.2, 0) is 0 Å². The fourth-order valence-electron chi connectivity index (χ4n) is 2.12. The third kappa shape index (κ3) is 2.72. The Morgan fingerprint density at radius 1 is 1.14 bits per heavy atom. The van der Waals surface area contributed by atoms with Crippen LogP contribution in [0.5, 0.6) is 0 Å². The van der Waals surface area contributed by atoms with Gasteiger partial charge in [0.25, 0.3) is 0 Å². The van der Waals surface area contributed by atoms with Gasteiger partial charge in [0.05, 0.1) is 0 Å². The predicted octanol–water partition coefficient (Wildman–Crippen LogP) is 4.71. The number of benzene rings is 1. The van der Waals surface area contributed by atoms with Crippen molar-refractivity contribution in [3.63, 3.8) is 0 Å². The molecule has 0 saturated heterocycles. The minimum atomic E-state index is 0.246. The maximum Gasteiger partial charge on any atom is 0.154 e. The number of aromatic nitrogens is 2. The Balaban J connectivity index is 2.14. The van der Waals surface area contributed by atoms with Crippen molar-refractivity contribution < 1.29 is 4.42 Å². The van der Waals surface area contributed by atoms with E-state index >= 15 is 0 Å². The van der Waals surface area contributed by atoms with Crippen LogP contribution in [0.4, 0.5) is 5.82 Å². The quantitative estimate of drug-likeness (QED) is 0.761. The zero-order valence-corrected chi connectivity index (χ0v) is 12.9. The highest BCUT2D eigenvalue weighted by atomic mass is 35.5. The highest BCUT2D eigenvalue weighted by Crippen LogP contribution is 2.30. The molecule has 2 heterocycles. The molecule has 1 aromatic carbocycles. The second-order valence-corrected chi connectivity index (χ2v) is 5.63. The summed E-state index contributed by atoms with van der Waals surface area (Å²) in [5.74, 6) is 2.53. The number of anilines is 1. The van der Waals surface area contributed by atoms with E-state index in [0.29, 0.717) is 10.8 Å². The smallest absolute Gasteiger partial charge is 0.154 e. The number of nitrogens with one attached hydrogen (secondary N) is 1. The first-order chi connectivity index (χ1) is 10.1. The van der Waals surface area contributed by atoms with Crippen LogP contribution in [0.15, 0.2) is 34.7 Å². The van der Waals surface area contributed by atoms with Crippen LogP contribution in [0.1, 0.15) is 25.6 Å². The topological polar surface area (TPSA) is 51.0 Å². The van der Waals surface area contributed by atoms with Gasteiger partial charge in [-0.1, -0.05) is 25.4 Å². The average Bonchev–Trinajstić information content (AvgIpc) is 2.89. The summed E-state index contributed by atoms with van der Waals surface area (Å²) in [4.78, 5) is 9.05. The van der Waals surface area contributed by atoms with Crippen molar-refractivity contribution in [1.82, 2.24) is 9.97 Å². The lowest BCUT2D eigenvalue weighted by Gasteiger charge is -2.08.